The average Bonchev–Trinajstić information content (AvgIpc) is 2.66. The molecule has 27 heavy (non-hydrogen) atoms. The SMILES string of the molecule is COC(=O)c1ccc(Cl)c(S(=O)(=O)Nc2ccc(OC)cc2C(=O)OC)c1. The van der Waals surface area contributed by atoms with Crippen molar-refractivity contribution in [3.8, 4) is 5.75 Å². The minimum atomic E-state index is -4.23. The molecule has 0 bridgehead atoms. The molecule has 0 aliphatic heterocycles. The van der Waals surface area contributed by atoms with Crippen molar-refractivity contribution < 1.29 is 32.2 Å². The predicted octanol–water partition coefficient (Wildman–Crippen LogP) is 2.72. The maximum absolute atomic E-state index is 12.8. The van der Waals surface area contributed by atoms with Crippen LogP contribution < -0.4 is 9.46 Å². The Hall–Kier alpha value is -2.78. The van der Waals surface area contributed by atoms with Crippen molar-refractivity contribution in [2.75, 3.05) is 26.1 Å². The molecule has 2 aromatic rings. The number of esters is 2. The Morgan fingerprint density at radius 1 is 0.963 bits per heavy atom. The maximum Gasteiger partial charge on any atom is 0.340 e. The summed E-state index contributed by atoms with van der Waals surface area (Å²) in [4.78, 5) is 23.3. The van der Waals surface area contributed by atoms with Crippen LogP contribution in [0.3, 0.4) is 0 Å². The van der Waals surface area contributed by atoms with E-state index in [1.54, 1.807) is 0 Å². The smallest absolute Gasteiger partial charge is 0.340 e. The number of anilines is 1. The first kappa shape index (κ1) is 20.5. The van der Waals surface area contributed by atoms with E-state index in [0.717, 1.165) is 13.2 Å². The van der Waals surface area contributed by atoms with Gasteiger partial charge in [0.1, 0.15) is 10.6 Å². The molecule has 0 aliphatic rings. The first-order valence-electron chi connectivity index (χ1n) is 7.40. The van der Waals surface area contributed by atoms with E-state index in [0.29, 0.717) is 5.75 Å². The first-order valence-corrected chi connectivity index (χ1v) is 9.26. The van der Waals surface area contributed by atoms with Crippen LogP contribution in [-0.4, -0.2) is 41.7 Å². The molecule has 8 nitrogen and oxygen atoms in total. The Kier molecular flexibility index (Phi) is 6.29. The van der Waals surface area contributed by atoms with Gasteiger partial charge >= 0.3 is 11.9 Å². The van der Waals surface area contributed by atoms with Gasteiger partial charge < -0.3 is 14.2 Å². The summed E-state index contributed by atoms with van der Waals surface area (Å²) in [5.41, 5.74) is -0.0898. The van der Waals surface area contributed by atoms with Crippen LogP contribution in [0.15, 0.2) is 41.3 Å². The number of ether oxygens (including phenoxy) is 3. The number of rotatable bonds is 6. The molecular formula is C17H16ClNO7S. The van der Waals surface area contributed by atoms with Crippen molar-refractivity contribution in [1.29, 1.82) is 0 Å². The fraction of sp³-hybridized carbons (Fsp3) is 0.176. The molecule has 0 unspecified atom stereocenters. The van der Waals surface area contributed by atoms with Crippen LogP contribution in [0.1, 0.15) is 20.7 Å². The summed E-state index contributed by atoms with van der Waals surface area (Å²) < 4.78 is 42.1. The van der Waals surface area contributed by atoms with Gasteiger partial charge in [-0.1, -0.05) is 11.6 Å². The summed E-state index contributed by atoms with van der Waals surface area (Å²) in [7, 11) is -0.496. The molecule has 1 N–H and O–H groups in total. The van der Waals surface area contributed by atoms with Gasteiger partial charge in [0.15, 0.2) is 0 Å². The van der Waals surface area contributed by atoms with E-state index < -0.39 is 22.0 Å². The zero-order chi connectivity index (χ0) is 20.2. The molecule has 0 fully saturated rings. The third-order valence-corrected chi connectivity index (χ3v) is 5.37. The number of carbonyl (C=O) groups is 2. The number of benzene rings is 2. The molecule has 0 heterocycles. The summed E-state index contributed by atoms with van der Waals surface area (Å²) >= 11 is 5.99. The maximum atomic E-state index is 12.8. The average molecular weight is 414 g/mol. The number of carbonyl (C=O) groups excluding carboxylic acids is 2. The molecule has 0 saturated carbocycles. The molecule has 0 aromatic heterocycles. The summed E-state index contributed by atoms with van der Waals surface area (Å²) in [6.07, 6.45) is 0. The van der Waals surface area contributed by atoms with Crippen molar-refractivity contribution in [2.45, 2.75) is 4.90 Å². The van der Waals surface area contributed by atoms with Gasteiger partial charge in [-0.3, -0.25) is 4.72 Å². The molecule has 2 aromatic carbocycles. The van der Waals surface area contributed by atoms with Crippen molar-refractivity contribution in [3.05, 3.63) is 52.5 Å². The molecule has 0 radical (unpaired) electrons. The molecule has 144 valence electrons. The zero-order valence-corrected chi connectivity index (χ0v) is 16.2. The second kappa shape index (κ2) is 8.28. The molecule has 0 spiro atoms. The van der Waals surface area contributed by atoms with Crippen LogP contribution in [0.25, 0.3) is 0 Å². The Morgan fingerprint density at radius 3 is 2.22 bits per heavy atom. The molecule has 0 atom stereocenters. The molecule has 0 amide bonds. The van der Waals surface area contributed by atoms with Gasteiger partial charge in [0.05, 0.1) is 43.2 Å². The zero-order valence-electron chi connectivity index (χ0n) is 14.6. The van der Waals surface area contributed by atoms with Crippen LogP contribution in [0, 0.1) is 0 Å². The number of methoxy groups -OCH3 is 3. The van der Waals surface area contributed by atoms with Crippen LogP contribution in [0.5, 0.6) is 5.75 Å². The second-order valence-electron chi connectivity index (χ2n) is 5.15. The lowest BCUT2D eigenvalue weighted by Gasteiger charge is -2.14. The van der Waals surface area contributed by atoms with Crippen LogP contribution in [-0.2, 0) is 19.5 Å². The summed E-state index contributed by atoms with van der Waals surface area (Å²) in [6.45, 7) is 0. The van der Waals surface area contributed by atoms with E-state index in [-0.39, 0.29) is 26.7 Å². The summed E-state index contributed by atoms with van der Waals surface area (Å²) in [6, 6.07) is 7.82. The normalized spacial score (nSPS) is 10.8. The lowest BCUT2D eigenvalue weighted by molar-refractivity contribution is 0.0592. The lowest BCUT2D eigenvalue weighted by Crippen LogP contribution is -2.17. The van der Waals surface area contributed by atoms with Crippen LogP contribution in [0.2, 0.25) is 5.02 Å². The highest BCUT2D eigenvalue weighted by Gasteiger charge is 2.23. The Balaban J connectivity index is 2.51. The fourth-order valence-corrected chi connectivity index (χ4v) is 3.78. The lowest BCUT2D eigenvalue weighted by atomic mass is 10.2. The molecular weight excluding hydrogens is 398 g/mol. The van der Waals surface area contributed by atoms with Gasteiger partial charge in [-0.05, 0) is 36.4 Å². The van der Waals surface area contributed by atoms with Gasteiger partial charge in [0.25, 0.3) is 10.0 Å². The quantitative estimate of drug-likeness (QED) is 0.725. The van der Waals surface area contributed by atoms with Crippen molar-refractivity contribution in [2.24, 2.45) is 0 Å². The molecule has 0 aliphatic carbocycles. The predicted molar refractivity (Wildman–Crippen MR) is 97.9 cm³/mol. The number of nitrogens with one attached hydrogen (secondary N) is 1. The third kappa shape index (κ3) is 4.50. The summed E-state index contributed by atoms with van der Waals surface area (Å²) in [5.74, 6) is -1.15. The highest BCUT2D eigenvalue weighted by molar-refractivity contribution is 7.92. The molecule has 2 rings (SSSR count). The standard InChI is InChI=1S/C17H16ClNO7S/c1-24-11-5-7-14(12(9-11)17(21)26-3)19-27(22,23)15-8-10(16(20)25-2)4-6-13(15)18/h4-9,19H,1-3H3. The van der Waals surface area contributed by atoms with E-state index >= 15 is 0 Å². The van der Waals surface area contributed by atoms with E-state index in [4.69, 9.17) is 16.3 Å². The van der Waals surface area contributed by atoms with Gasteiger partial charge in [0, 0.05) is 0 Å². The molecule has 10 heteroatoms. The van der Waals surface area contributed by atoms with E-state index in [1.165, 1.54) is 44.6 Å². The monoisotopic (exact) mass is 413 g/mol. The number of halogens is 1. The van der Waals surface area contributed by atoms with Gasteiger partial charge in [0.2, 0.25) is 0 Å². The van der Waals surface area contributed by atoms with Gasteiger partial charge in [-0.2, -0.15) is 0 Å². The second-order valence-corrected chi connectivity index (χ2v) is 7.20. The first-order chi connectivity index (χ1) is 12.7. The number of hydrogen-bond donors (Lipinski definition) is 1. The molecule has 0 saturated heterocycles. The number of sulfonamides is 1. The third-order valence-electron chi connectivity index (χ3n) is 3.52. The van der Waals surface area contributed by atoms with Gasteiger partial charge in [-0.25, -0.2) is 18.0 Å². The largest absolute Gasteiger partial charge is 0.497 e. The Bertz CT molecular complexity index is 989. The minimum absolute atomic E-state index is 0.00481. The van der Waals surface area contributed by atoms with E-state index in [1.807, 2.05) is 0 Å². The fourth-order valence-electron chi connectivity index (χ4n) is 2.17. The van der Waals surface area contributed by atoms with E-state index in [9.17, 15) is 18.0 Å². The van der Waals surface area contributed by atoms with E-state index in [2.05, 4.69) is 14.2 Å². The Morgan fingerprint density at radius 2 is 1.63 bits per heavy atom. The topological polar surface area (TPSA) is 108 Å². The highest BCUT2D eigenvalue weighted by Crippen LogP contribution is 2.28. The van der Waals surface area contributed by atoms with Gasteiger partial charge in [-0.15, -0.1) is 0 Å². The van der Waals surface area contributed by atoms with Crippen LogP contribution >= 0.6 is 11.6 Å². The van der Waals surface area contributed by atoms with Crippen molar-refractivity contribution in [3.63, 3.8) is 0 Å². The summed E-state index contributed by atoms with van der Waals surface area (Å²) in [5, 5.41) is -0.108. The Labute approximate surface area is 161 Å². The minimum Gasteiger partial charge on any atom is -0.497 e. The number of hydrogen-bond acceptors (Lipinski definition) is 7. The van der Waals surface area contributed by atoms with Crippen molar-refractivity contribution in [1.82, 2.24) is 0 Å². The highest BCUT2D eigenvalue weighted by atomic mass is 35.5. The van der Waals surface area contributed by atoms with Crippen molar-refractivity contribution >= 4 is 39.3 Å². The van der Waals surface area contributed by atoms with Crippen LogP contribution in [0.4, 0.5) is 5.69 Å².